The average Bonchev–Trinajstić information content (AvgIpc) is 2.68. The Hall–Kier alpha value is -1.28. The van der Waals surface area contributed by atoms with E-state index in [9.17, 15) is 0 Å². The van der Waals surface area contributed by atoms with Crippen LogP contribution in [0.4, 0.5) is 0 Å². The minimum absolute atomic E-state index is 0. The second kappa shape index (κ2) is 6.01. The first-order chi connectivity index (χ1) is 8.79. The number of imidazole rings is 1. The van der Waals surface area contributed by atoms with Gasteiger partial charge in [0, 0.05) is 25.9 Å². The van der Waals surface area contributed by atoms with Crippen molar-refractivity contribution in [3.63, 3.8) is 0 Å². The molecular weight excluding hydrogens is 268 g/mol. The molecule has 0 saturated carbocycles. The summed E-state index contributed by atoms with van der Waals surface area (Å²) in [6, 6.07) is 4.65. The number of nitrogens with zero attached hydrogens (tertiary/aromatic N) is 2. The molecular formula is C17H25ClN2. The normalized spacial score (nSPS) is 11.3. The first-order valence-corrected chi connectivity index (χ1v) is 6.86. The first-order valence-electron chi connectivity index (χ1n) is 6.86. The maximum atomic E-state index is 4.43. The Morgan fingerprint density at radius 1 is 1.10 bits per heavy atom. The van der Waals surface area contributed by atoms with E-state index in [1.807, 2.05) is 12.4 Å². The minimum Gasteiger partial charge on any atom is -0.338 e. The van der Waals surface area contributed by atoms with Gasteiger partial charge in [-0.25, -0.2) is 4.98 Å². The van der Waals surface area contributed by atoms with Gasteiger partial charge in [0.1, 0.15) is 5.82 Å². The molecule has 0 bridgehead atoms. The zero-order chi connectivity index (χ0) is 14.2. The number of hydrogen-bond donors (Lipinski definition) is 0. The van der Waals surface area contributed by atoms with Gasteiger partial charge in [0.2, 0.25) is 0 Å². The largest absolute Gasteiger partial charge is 0.338 e. The van der Waals surface area contributed by atoms with Gasteiger partial charge in [-0.15, -0.1) is 12.4 Å². The smallest absolute Gasteiger partial charge is 0.112 e. The molecule has 20 heavy (non-hydrogen) atoms. The highest BCUT2D eigenvalue weighted by atomic mass is 35.5. The van der Waals surface area contributed by atoms with Gasteiger partial charge in [-0.1, -0.05) is 32.9 Å². The molecule has 2 nitrogen and oxygen atoms in total. The van der Waals surface area contributed by atoms with Gasteiger partial charge in [0.25, 0.3) is 0 Å². The van der Waals surface area contributed by atoms with Crippen LogP contribution in [0.5, 0.6) is 0 Å². The van der Waals surface area contributed by atoms with Crippen molar-refractivity contribution >= 4 is 12.4 Å². The topological polar surface area (TPSA) is 17.8 Å². The van der Waals surface area contributed by atoms with Crippen LogP contribution in [0.25, 0.3) is 0 Å². The molecule has 0 saturated heterocycles. The predicted molar refractivity (Wildman–Crippen MR) is 87.9 cm³/mol. The number of aryl methyl sites for hydroxylation is 3. The maximum absolute atomic E-state index is 4.43. The molecule has 0 spiro atoms. The molecule has 0 aliphatic carbocycles. The van der Waals surface area contributed by atoms with Crippen molar-refractivity contribution in [2.24, 2.45) is 7.05 Å². The molecule has 0 unspecified atom stereocenters. The van der Waals surface area contributed by atoms with Crippen molar-refractivity contribution in [3.05, 3.63) is 52.6 Å². The summed E-state index contributed by atoms with van der Waals surface area (Å²) in [7, 11) is 2.05. The Kier molecular flexibility index (Phi) is 5.04. The van der Waals surface area contributed by atoms with Crippen molar-refractivity contribution in [1.29, 1.82) is 0 Å². The molecule has 2 aromatic rings. The lowest BCUT2D eigenvalue weighted by molar-refractivity contribution is 0.588. The van der Waals surface area contributed by atoms with Gasteiger partial charge in [0.05, 0.1) is 0 Å². The average molecular weight is 293 g/mol. The first kappa shape index (κ1) is 16.8. The fraction of sp³-hybridized carbons (Fsp3) is 0.471. The summed E-state index contributed by atoms with van der Waals surface area (Å²) in [5, 5.41) is 0. The van der Waals surface area contributed by atoms with E-state index in [1.165, 1.54) is 22.3 Å². The summed E-state index contributed by atoms with van der Waals surface area (Å²) < 4.78 is 2.09. The van der Waals surface area contributed by atoms with E-state index in [0.29, 0.717) is 0 Å². The standard InChI is InChI=1S/C17H24N2.ClH/c1-12-9-14(17(3,4)5)10-13(2)15(12)11-16-18-7-8-19(16)6;/h7-10H,11H2,1-6H3;1H. The van der Waals surface area contributed by atoms with Crippen LogP contribution >= 0.6 is 12.4 Å². The fourth-order valence-corrected chi connectivity index (χ4v) is 2.43. The molecule has 0 aliphatic heterocycles. The summed E-state index contributed by atoms with van der Waals surface area (Å²) in [5.41, 5.74) is 5.76. The number of hydrogen-bond acceptors (Lipinski definition) is 1. The Bertz CT molecular complexity index is 568. The molecule has 1 aromatic carbocycles. The monoisotopic (exact) mass is 292 g/mol. The quantitative estimate of drug-likeness (QED) is 0.805. The van der Waals surface area contributed by atoms with Crippen molar-refractivity contribution in [2.45, 2.75) is 46.5 Å². The van der Waals surface area contributed by atoms with Gasteiger partial charge in [-0.05, 0) is 41.5 Å². The summed E-state index contributed by atoms with van der Waals surface area (Å²) in [6.07, 6.45) is 4.78. The van der Waals surface area contributed by atoms with Crippen LogP contribution in [-0.4, -0.2) is 9.55 Å². The lowest BCUT2D eigenvalue weighted by Crippen LogP contribution is -2.13. The Morgan fingerprint density at radius 2 is 1.65 bits per heavy atom. The van der Waals surface area contributed by atoms with Crippen LogP contribution in [0.2, 0.25) is 0 Å². The lowest BCUT2D eigenvalue weighted by atomic mass is 9.83. The second-order valence-corrected chi connectivity index (χ2v) is 6.47. The lowest BCUT2D eigenvalue weighted by Gasteiger charge is -2.22. The molecule has 0 radical (unpaired) electrons. The number of halogens is 1. The second-order valence-electron chi connectivity index (χ2n) is 6.47. The van der Waals surface area contributed by atoms with Crippen molar-refractivity contribution in [2.75, 3.05) is 0 Å². The van der Waals surface area contributed by atoms with Crippen LogP contribution in [-0.2, 0) is 18.9 Å². The molecule has 0 N–H and O–H groups in total. The van der Waals surface area contributed by atoms with Crippen LogP contribution < -0.4 is 0 Å². The highest BCUT2D eigenvalue weighted by Gasteiger charge is 2.16. The van der Waals surface area contributed by atoms with E-state index in [1.54, 1.807) is 0 Å². The van der Waals surface area contributed by atoms with Crippen molar-refractivity contribution < 1.29 is 0 Å². The summed E-state index contributed by atoms with van der Waals surface area (Å²) in [4.78, 5) is 4.43. The van der Waals surface area contributed by atoms with Crippen LogP contribution in [0.1, 0.15) is 48.8 Å². The van der Waals surface area contributed by atoms with E-state index >= 15 is 0 Å². The molecule has 0 fully saturated rings. The van der Waals surface area contributed by atoms with Crippen molar-refractivity contribution in [1.82, 2.24) is 9.55 Å². The van der Waals surface area contributed by atoms with E-state index < -0.39 is 0 Å². The van der Waals surface area contributed by atoms with Crippen LogP contribution in [0, 0.1) is 13.8 Å². The SMILES string of the molecule is Cc1cc(C(C)(C)C)cc(C)c1Cc1nccn1C.Cl. The zero-order valence-corrected chi connectivity index (χ0v) is 14.1. The predicted octanol–water partition coefficient (Wildman–Crippen LogP) is 4.35. The molecule has 0 atom stereocenters. The van der Waals surface area contributed by atoms with Crippen molar-refractivity contribution in [3.8, 4) is 0 Å². The molecule has 110 valence electrons. The molecule has 2 rings (SSSR count). The van der Waals surface area contributed by atoms with E-state index in [2.05, 4.69) is 63.4 Å². The van der Waals surface area contributed by atoms with Gasteiger partial charge in [-0.2, -0.15) is 0 Å². The van der Waals surface area contributed by atoms with Gasteiger partial charge < -0.3 is 4.57 Å². The molecule has 1 aromatic heterocycles. The molecule has 0 aliphatic rings. The van der Waals surface area contributed by atoms with Crippen LogP contribution in [0.15, 0.2) is 24.5 Å². The minimum atomic E-state index is 0. The highest BCUT2D eigenvalue weighted by molar-refractivity contribution is 5.85. The van der Waals surface area contributed by atoms with E-state index in [0.717, 1.165) is 12.2 Å². The Labute approximate surface area is 128 Å². The summed E-state index contributed by atoms with van der Waals surface area (Å²) in [6.45, 7) is 11.2. The van der Waals surface area contributed by atoms with Gasteiger partial charge in [0.15, 0.2) is 0 Å². The van der Waals surface area contributed by atoms with Gasteiger partial charge in [-0.3, -0.25) is 0 Å². The third-order valence-corrected chi connectivity index (χ3v) is 3.82. The Balaban J connectivity index is 0.00000200. The maximum Gasteiger partial charge on any atom is 0.112 e. The van der Waals surface area contributed by atoms with Gasteiger partial charge >= 0.3 is 0 Å². The van der Waals surface area contributed by atoms with Crippen LogP contribution in [0.3, 0.4) is 0 Å². The zero-order valence-electron chi connectivity index (χ0n) is 13.3. The number of aromatic nitrogens is 2. The third kappa shape index (κ3) is 3.43. The highest BCUT2D eigenvalue weighted by Crippen LogP contribution is 2.27. The summed E-state index contributed by atoms with van der Waals surface area (Å²) >= 11 is 0. The van der Waals surface area contributed by atoms with E-state index in [4.69, 9.17) is 0 Å². The molecule has 0 amide bonds. The Morgan fingerprint density at radius 3 is 2.05 bits per heavy atom. The number of benzene rings is 1. The number of rotatable bonds is 2. The fourth-order valence-electron chi connectivity index (χ4n) is 2.43. The molecule has 1 heterocycles. The van der Waals surface area contributed by atoms with E-state index in [-0.39, 0.29) is 17.8 Å². The summed E-state index contributed by atoms with van der Waals surface area (Å²) in [5.74, 6) is 1.12. The molecule has 3 heteroatoms. The third-order valence-electron chi connectivity index (χ3n) is 3.82.